The van der Waals surface area contributed by atoms with E-state index in [4.69, 9.17) is 0 Å². The monoisotopic (exact) mass is 142 g/mol. The van der Waals surface area contributed by atoms with Crippen LogP contribution in [-0.4, -0.2) is 0 Å². The van der Waals surface area contributed by atoms with Gasteiger partial charge in [-0.25, -0.2) is 0 Å². The van der Waals surface area contributed by atoms with Gasteiger partial charge in [-0.3, -0.25) is 0 Å². The largest absolute Gasteiger partial charge is 0.0999 e. The minimum atomic E-state index is 1.15. The second-order valence-electron chi connectivity index (χ2n) is 2.56. The van der Waals surface area contributed by atoms with Gasteiger partial charge >= 0.3 is 0 Å². The molecule has 0 N–H and O–H groups in total. The van der Waals surface area contributed by atoms with Crippen LogP contribution in [0.1, 0.15) is 53.4 Å². The molecule has 0 saturated heterocycles. The lowest BCUT2D eigenvalue weighted by molar-refractivity contribution is 0.863. The Hall–Kier alpha value is -0.260. The van der Waals surface area contributed by atoms with E-state index in [9.17, 15) is 0 Å². The maximum atomic E-state index is 3.86. The van der Waals surface area contributed by atoms with Crippen molar-refractivity contribution in [3.05, 3.63) is 12.2 Å². The zero-order valence-corrected chi connectivity index (χ0v) is 8.04. The highest BCUT2D eigenvalue weighted by molar-refractivity contribution is 4.91. The van der Waals surface area contributed by atoms with E-state index in [2.05, 4.69) is 34.3 Å². The lowest BCUT2D eigenvalue weighted by atomic mass is 10.1. The van der Waals surface area contributed by atoms with Gasteiger partial charge in [0.05, 0.1) is 0 Å². The maximum absolute atomic E-state index is 3.86. The minimum absolute atomic E-state index is 1.15. The highest BCUT2D eigenvalue weighted by Gasteiger charge is 1.83. The predicted octanol–water partition coefficient (Wildman–Crippen LogP) is 4.17. The van der Waals surface area contributed by atoms with Gasteiger partial charge < -0.3 is 0 Å². The third-order valence-corrected chi connectivity index (χ3v) is 1.10. The normalized spacial score (nSPS) is 8.00. The van der Waals surface area contributed by atoms with Crippen molar-refractivity contribution in [2.45, 2.75) is 53.4 Å². The molecule has 0 nitrogen and oxygen atoms in total. The summed E-state index contributed by atoms with van der Waals surface area (Å²) in [6, 6.07) is 0. The smallest absolute Gasteiger partial charge is 0.0326 e. The van der Waals surface area contributed by atoms with Crippen molar-refractivity contribution >= 4 is 0 Å². The Morgan fingerprint density at radius 2 is 1.50 bits per heavy atom. The number of hydrogen-bond acceptors (Lipinski definition) is 0. The van der Waals surface area contributed by atoms with Crippen LogP contribution in [0.2, 0.25) is 0 Å². The first kappa shape index (κ1) is 12.4. The molecule has 0 atom stereocenters. The van der Waals surface area contributed by atoms with Crippen molar-refractivity contribution in [1.29, 1.82) is 0 Å². The van der Waals surface area contributed by atoms with E-state index in [-0.39, 0.29) is 0 Å². The first-order valence-corrected chi connectivity index (χ1v) is 4.39. The third kappa shape index (κ3) is 15.6. The lowest BCUT2D eigenvalue weighted by Crippen LogP contribution is -1.73. The van der Waals surface area contributed by atoms with Crippen molar-refractivity contribution in [3.63, 3.8) is 0 Å². The molecular weight excluding hydrogens is 120 g/mol. The summed E-state index contributed by atoms with van der Waals surface area (Å²) in [4.78, 5) is 0. The van der Waals surface area contributed by atoms with Crippen molar-refractivity contribution < 1.29 is 0 Å². The molecule has 0 amide bonds. The van der Waals surface area contributed by atoms with Gasteiger partial charge in [0.1, 0.15) is 0 Å². The predicted molar refractivity (Wildman–Crippen MR) is 50.3 cm³/mol. The molecule has 0 unspecified atom stereocenters. The summed E-state index contributed by atoms with van der Waals surface area (Å²) in [6.07, 6.45) is 4.84. The van der Waals surface area contributed by atoms with E-state index in [0.29, 0.717) is 0 Å². The fourth-order valence-electron chi connectivity index (χ4n) is 0.530. The fourth-order valence-corrected chi connectivity index (χ4v) is 0.530. The van der Waals surface area contributed by atoms with Crippen molar-refractivity contribution in [2.24, 2.45) is 0 Å². The molecule has 0 saturated carbocycles. The SMILES string of the molecule is C=C(CC)CCC.CCC. The van der Waals surface area contributed by atoms with E-state index in [0.717, 1.165) is 6.42 Å². The quantitative estimate of drug-likeness (QED) is 0.519. The molecule has 62 valence electrons. The summed E-state index contributed by atoms with van der Waals surface area (Å²) < 4.78 is 0. The van der Waals surface area contributed by atoms with E-state index < -0.39 is 0 Å². The molecule has 0 aliphatic rings. The molecule has 0 aromatic carbocycles. The second kappa shape index (κ2) is 11.5. The first-order chi connectivity index (χ1) is 4.72. The lowest BCUT2D eigenvalue weighted by Gasteiger charge is -1.94. The molecule has 0 bridgehead atoms. The second-order valence-corrected chi connectivity index (χ2v) is 2.56. The fraction of sp³-hybridized carbons (Fsp3) is 0.800. The van der Waals surface area contributed by atoms with Crippen LogP contribution in [0.25, 0.3) is 0 Å². The van der Waals surface area contributed by atoms with E-state index >= 15 is 0 Å². The van der Waals surface area contributed by atoms with Crippen molar-refractivity contribution in [3.8, 4) is 0 Å². The van der Waals surface area contributed by atoms with Gasteiger partial charge in [0.15, 0.2) is 0 Å². The van der Waals surface area contributed by atoms with Gasteiger partial charge in [-0.2, -0.15) is 0 Å². The molecule has 0 heterocycles. The van der Waals surface area contributed by atoms with Gasteiger partial charge in [-0.05, 0) is 12.8 Å². The van der Waals surface area contributed by atoms with Gasteiger partial charge in [0.25, 0.3) is 0 Å². The Balaban J connectivity index is 0. The van der Waals surface area contributed by atoms with Crippen molar-refractivity contribution in [1.82, 2.24) is 0 Å². The summed E-state index contributed by atoms with van der Waals surface area (Å²) in [7, 11) is 0. The molecule has 0 radical (unpaired) electrons. The highest BCUT2D eigenvalue weighted by Crippen LogP contribution is 2.03. The van der Waals surface area contributed by atoms with Crippen LogP contribution >= 0.6 is 0 Å². The summed E-state index contributed by atoms with van der Waals surface area (Å²) in [5, 5.41) is 0. The van der Waals surface area contributed by atoms with Gasteiger partial charge in [0.2, 0.25) is 0 Å². The Bertz CT molecular complexity index is 62.4. The molecule has 0 fully saturated rings. The van der Waals surface area contributed by atoms with Gasteiger partial charge in [-0.15, -0.1) is 0 Å². The van der Waals surface area contributed by atoms with E-state index in [1.54, 1.807) is 0 Å². The number of hydrogen-bond donors (Lipinski definition) is 0. The third-order valence-electron chi connectivity index (χ3n) is 1.10. The molecule has 0 heteroatoms. The Morgan fingerprint density at radius 3 is 1.60 bits per heavy atom. The summed E-state index contributed by atoms with van der Waals surface area (Å²) >= 11 is 0. The minimum Gasteiger partial charge on any atom is -0.0999 e. The van der Waals surface area contributed by atoms with E-state index in [1.807, 2.05) is 0 Å². The molecular formula is C10H22. The summed E-state index contributed by atoms with van der Waals surface area (Å²) in [5.41, 5.74) is 1.38. The van der Waals surface area contributed by atoms with Gasteiger partial charge in [0, 0.05) is 0 Å². The zero-order chi connectivity index (χ0) is 8.41. The first-order valence-electron chi connectivity index (χ1n) is 4.39. The molecule has 0 aromatic heterocycles. The zero-order valence-electron chi connectivity index (χ0n) is 8.04. The van der Waals surface area contributed by atoms with Crippen LogP contribution in [0.4, 0.5) is 0 Å². The van der Waals surface area contributed by atoms with Crippen LogP contribution in [0.5, 0.6) is 0 Å². The molecule has 0 aliphatic heterocycles. The van der Waals surface area contributed by atoms with Gasteiger partial charge in [-0.1, -0.05) is 52.7 Å². The van der Waals surface area contributed by atoms with Crippen LogP contribution in [0.15, 0.2) is 12.2 Å². The molecule has 0 aromatic rings. The van der Waals surface area contributed by atoms with Crippen LogP contribution in [0.3, 0.4) is 0 Å². The standard InChI is InChI=1S/C7H14.C3H8/c1-4-6-7(3)5-2;1-3-2/h3-6H2,1-2H3;3H2,1-2H3. The van der Waals surface area contributed by atoms with Crippen molar-refractivity contribution in [2.75, 3.05) is 0 Å². The average Bonchev–Trinajstić information content (AvgIpc) is 1.90. The Kier molecular flexibility index (Phi) is 14.3. The number of rotatable bonds is 3. The van der Waals surface area contributed by atoms with Crippen LogP contribution in [-0.2, 0) is 0 Å². The van der Waals surface area contributed by atoms with Crippen LogP contribution < -0.4 is 0 Å². The van der Waals surface area contributed by atoms with E-state index in [1.165, 1.54) is 24.8 Å². The molecule has 0 rings (SSSR count). The summed E-state index contributed by atoms with van der Waals surface area (Å²) in [6.45, 7) is 12.4. The number of allylic oxidation sites excluding steroid dienone is 1. The molecule has 0 spiro atoms. The molecule has 10 heavy (non-hydrogen) atoms. The maximum Gasteiger partial charge on any atom is -0.0326 e. The Morgan fingerprint density at radius 1 is 1.10 bits per heavy atom. The average molecular weight is 142 g/mol. The Labute approximate surface area is 66.3 Å². The topological polar surface area (TPSA) is 0 Å². The van der Waals surface area contributed by atoms with Crippen LogP contribution in [0, 0.1) is 0 Å². The highest BCUT2D eigenvalue weighted by atomic mass is 13.9. The molecule has 0 aliphatic carbocycles. The summed E-state index contributed by atoms with van der Waals surface area (Å²) in [5.74, 6) is 0.